The van der Waals surface area contributed by atoms with Crippen molar-refractivity contribution in [2.45, 2.75) is 14.5 Å². The molecule has 0 heterocycles. The fourth-order valence-electron chi connectivity index (χ4n) is 0.952. The van der Waals surface area contributed by atoms with Gasteiger partial charge in [0.05, 0.1) is 9.79 Å². The van der Waals surface area contributed by atoms with Gasteiger partial charge in [0.25, 0.3) is 9.84 Å². The quantitative estimate of drug-likeness (QED) is 0.839. The number of halogens is 3. The summed E-state index contributed by atoms with van der Waals surface area (Å²) in [6.45, 7) is 0. The van der Waals surface area contributed by atoms with E-state index < -0.39 is 34.4 Å². The van der Waals surface area contributed by atoms with Crippen molar-refractivity contribution in [2.24, 2.45) is 5.14 Å². The second-order valence-electron chi connectivity index (χ2n) is 2.97. The molecule has 5 nitrogen and oxygen atoms in total. The van der Waals surface area contributed by atoms with Crippen molar-refractivity contribution in [3.8, 4) is 0 Å². The minimum absolute atomic E-state index is 0.515. The summed E-state index contributed by atoms with van der Waals surface area (Å²) in [5, 5.41) is 4.73. The molecule has 96 valence electrons. The van der Waals surface area contributed by atoms with Crippen LogP contribution in [0.2, 0.25) is 0 Å². The van der Waals surface area contributed by atoms with Gasteiger partial charge in [-0.1, -0.05) is 6.07 Å². The molecule has 0 aliphatic rings. The second-order valence-corrected chi connectivity index (χ2v) is 7.22. The van der Waals surface area contributed by atoms with Crippen LogP contribution in [0, 0.1) is 0 Å². The Hall–Kier alpha value is -0.770. The van der Waals surface area contributed by atoms with E-state index in [0.29, 0.717) is 6.07 Å². The van der Waals surface area contributed by atoms with Crippen LogP contribution in [0.5, 0.6) is 0 Å². The van der Waals surface area contributed by atoms with Gasteiger partial charge in [0.15, 0.2) is 0 Å². The predicted octanol–water partition coefficient (Wildman–Crippen LogP) is 0.897. The summed E-state index contributed by atoms with van der Waals surface area (Å²) in [6, 6.07) is 3.25. The van der Waals surface area contributed by atoms with E-state index in [1.54, 1.807) is 0 Å². The Morgan fingerprint density at radius 2 is 1.59 bits per heavy atom. The van der Waals surface area contributed by atoms with Gasteiger partial charge in [-0.25, -0.2) is 22.0 Å². The van der Waals surface area contributed by atoms with E-state index in [9.17, 15) is 25.6 Å². The van der Waals surface area contributed by atoms with E-state index in [4.69, 9.17) is 5.14 Å². The monoisotopic (exact) mass is 305 g/mol. The number of sulfonamides is 1. The van der Waals surface area contributed by atoms with Crippen LogP contribution in [0.25, 0.3) is 0 Å². The van der Waals surface area contributed by atoms with Crippen LogP contribution >= 0.6 is 11.6 Å². The van der Waals surface area contributed by atoms with Crippen molar-refractivity contribution in [2.75, 3.05) is 0 Å². The molecule has 17 heavy (non-hydrogen) atoms. The zero-order valence-corrected chi connectivity index (χ0v) is 10.4. The number of benzene rings is 1. The molecule has 0 spiro atoms. The first-order valence-corrected chi connectivity index (χ1v) is 7.31. The standard InChI is InChI=1S/C7H6ClF2NO4S2/c8-7(9,10)16(12,13)5-2-1-3-6(4-5)17(11,14)15/h1-4H,(H2,11,14,15). The lowest BCUT2D eigenvalue weighted by Gasteiger charge is -2.09. The molecule has 1 aromatic rings. The van der Waals surface area contributed by atoms with E-state index in [1.165, 1.54) is 0 Å². The average molecular weight is 306 g/mol. The maximum atomic E-state index is 12.6. The maximum Gasteiger partial charge on any atom is 0.427 e. The normalized spacial score (nSPS) is 13.6. The van der Waals surface area contributed by atoms with Crippen LogP contribution < -0.4 is 5.14 Å². The molecule has 1 rings (SSSR count). The molecule has 0 saturated heterocycles. The SMILES string of the molecule is NS(=O)(=O)c1cccc(S(=O)(=O)C(F)(F)Cl)c1. The summed E-state index contributed by atoms with van der Waals surface area (Å²) in [4.78, 5) is -1.52. The van der Waals surface area contributed by atoms with E-state index in [1.807, 2.05) is 0 Å². The van der Waals surface area contributed by atoms with Crippen LogP contribution in [-0.4, -0.2) is 21.5 Å². The third kappa shape index (κ3) is 2.92. The number of nitrogens with two attached hydrogens (primary N) is 1. The molecule has 0 amide bonds. The van der Waals surface area contributed by atoms with Crippen molar-refractivity contribution in [3.05, 3.63) is 24.3 Å². The molecule has 0 bridgehead atoms. The van der Waals surface area contributed by atoms with Crippen molar-refractivity contribution < 1.29 is 25.6 Å². The van der Waals surface area contributed by atoms with Crippen LogP contribution in [0.3, 0.4) is 0 Å². The third-order valence-electron chi connectivity index (χ3n) is 1.75. The number of hydrogen-bond acceptors (Lipinski definition) is 4. The van der Waals surface area contributed by atoms with Crippen molar-refractivity contribution in [1.82, 2.24) is 0 Å². The lowest BCUT2D eigenvalue weighted by atomic mass is 10.4. The van der Waals surface area contributed by atoms with Gasteiger partial charge in [-0.3, -0.25) is 0 Å². The highest BCUT2D eigenvalue weighted by molar-refractivity contribution is 7.93. The molecule has 0 saturated carbocycles. The van der Waals surface area contributed by atoms with Gasteiger partial charge in [-0.05, 0) is 29.8 Å². The van der Waals surface area contributed by atoms with E-state index >= 15 is 0 Å². The third-order valence-corrected chi connectivity index (χ3v) is 4.75. The van der Waals surface area contributed by atoms with Crippen LogP contribution in [-0.2, 0) is 19.9 Å². The van der Waals surface area contributed by atoms with Crippen LogP contribution in [0.15, 0.2) is 34.1 Å². The van der Waals surface area contributed by atoms with E-state index in [2.05, 4.69) is 11.6 Å². The minimum Gasteiger partial charge on any atom is -0.225 e. The first-order valence-electron chi connectivity index (χ1n) is 3.90. The zero-order valence-electron chi connectivity index (χ0n) is 7.97. The smallest absolute Gasteiger partial charge is 0.225 e. The summed E-state index contributed by atoms with van der Waals surface area (Å²) < 4.78 is 65.0. The number of sulfone groups is 1. The number of hydrogen-bond donors (Lipinski definition) is 1. The van der Waals surface area contributed by atoms with Gasteiger partial charge in [0.1, 0.15) is 0 Å². The Labute approximate surface area is 101 Å². The Kier molecular flexibility index (Phi) is 3.50. The van der Waals surface area contributed by atoms with Gasteiger partial charge in [0.2, 0.25) is 10.0 Å². The predicted molar refractivity (Wildman–Crippen MR) is 55.8 cm³/mol. The lowest BCUT2D eigenvalue weighted by molar-refractivity contribution is 0.187. The molecule has 10 heteroatoms. The molecule has 0 fully saturated rings. The number of alkyl halides is 3. The lowest BCUT2D eigenvalue weighted by Crippen LogP contribution is -2.22. The fourth-order valence-corrected chi connectivity index (χ4v) is 2.66. The van der Waals surface area contributed by atoms with Crippen molar-refractivity contribution in [1.29, 1.82) is 0 Å². The van der Waals surface area contributed by atoms with Crippen molar-refractivity contribution >= 4 is 31.5 Å². The highest BCUT2D eigenvalue weighted by Crippen LogP contribution is 2.33. The summed E-state index contributed by atoms with van der Waals surface area (Å²) in [5.41, 5.74) is 0. The Morgan fingerprint density at radius 3 is 2.00 bits per heavy atom. The number of primary sulfonamides is 1. The summed E-state index contributed by atoms with van der Waals surface area (Å²) in [5.74, 6) is 0. The topological polar surface area (TPSA) is 94.3 Å². The zero-order chi connectivity index (χ0) is 13.5. The molecule has 0 unspecified atom stereocenters. The Morgan fingerprint density at radius 1 is 1.12 bits per heavy atom. The van der Waals surface area contributed by atoms with Gasteiger partial charge < -0.3 is 0 Å². The first kappa shape index (κ1) is 14.3. The molecule has 2 N–H and O–H groups in total. The van der Waals surface area contributed by atoms with Gasteiger partial charge in [-0.2, -0.15) is 8.78 Å². The molecule has 1 aromatic carbocycles. The summed E-state index contributed by atoms with van der Waals surface area (Å²) >= 11 is 4.42. The molecule has 0 aliphatic carbocycles. The second kappa shape index (κ2) is 4.16. The highest BCUT2D eigenvalue weighted by atomic mass is 35.5. The first-order chi connectivity index (χ1) is 7.46. The van der Waals surface area contributed by atoms with Crippen molar-refractivity contribution in [3.63, 3.8) is 0 Å². The summed E-state index contributed by atoms with van der Waals surface area (Å²) in [7, 11) is -9.33. The summed E-state index contributed by atoms with van der Waals surface area (Å²) in [6.07, 6.45) is 0. The van der Waals surface area contributed by atoms with Gasteiger partial charge in [-0.15, -0.1) is 0 Å². The van der Waals surface area contributed by atoms with Gasteiger partial charge >= 0.3 is 4.71 Å². The molecular formula is C7H6ClF2NO4S2. The molecule has 0 atom stereocenters. The van der Waals surface area contributed by atoms with E-state index in [-0.39, 0.29) is 0 Å². The molecule has 0 aromatic heterocycles. The average Bonchev–Trinajstić information content (AvgIpc) is 2.15. The highest BCUT2D eigenvalue weighted by Gasteiger charge is 2.44. The fraction of sp³-hybridized carbons (Fsp3) is 0.143. The van der Waals surface area contributed by atoms with Crippen LogP contribution in [0.4, 0.5) is 8.78 Å². The Balaban J connectivity index is 3.47. The largest absolute Gasteiger partial charge is 0.427 e. The van der Waals surface area contributed by atoms with Crippen LogP contribution in [0.1, 0.15) is 0 Å². The van der Waals surface area contributed by atoms with Gasteiger partial charge in [0, 0.05) is 0 Å². The maximum absolute atomic E-state index is 12.6. The molecular weight excluding hydrogens is 300 g/mol. The minimum atomic E-state index is -5.15. The van der Waals surface area contributed by atoms with E-state index in [0.717, 1.165) is 18.2 Å². The Bertz CT molecular complexity index is 636. The number of rotatable bonds is 3. The molecule has 0 aliphatic heterocycles. The molecule has 0 radical (unpaired) electrons.